The van der Waals surface area contributed by atoms with E-state index in [4.69, 9.17) is 4.74 Å². The van der Waals surface area contributed by atoms with Crippen molar-refractivity contribution in [2.24, 2.45) is 0 Å². The molecule has 0 spiro atoms. The first-order valence-corrected chi connectivity index (χ1v) is 11.0. The van der Waals surface area contributed by atoms with Crippen LogP contribution in [0.4, 0.5) is 5.69 Å². The highest BCUT2D eigenvalue weighted by molar-refractivity contribution is 7.89. The highest BCUT2D eigenvalue weighted by Gasteiger charge is 2.25. The Bertz CT molecular complexity index is 887. The second kappa shape index (κ2) is 9.21. The van der Waals surface area contributed by atoms with Crippen molar-refractivity contribution in [1.29, 1.82) is 0 Å². The maximum absolute atomic E-state index is 12.7. The number of Topliss-reactive ketones (excluding diaryl/α,β-unsaturated/α-hetero) is 1. The molecule has 2 aromatic carbocycles. The Morgan fingerprint density at radius 2 is 1.64 bits per heavy atom. The van der Waals surface area contributed by atoms with E-state index in [-0.39, 0.29) is 17.2 Å². The van der Waals surface area contributed by atoms with Gasteiger partial charge in [0.15, 0.2) is 5.78 Å². The van der Waals surface area contributed by atoms with Crippen LogP contribution >= 0.6 is 0 Å². The van der Waals surface area contributed by atoms with Gasteiger partial charge in [-0.1, -0.05) is 6.42 Å². The predicted molar refractivity (Wildman–Crippen MR) is 109 cm³/mol. The van der Waals surface area contributed by atoms with Gasteiger partial charge in [-0.3, -0.25) is 4.79 Å². The molecular weight excluding hydrogens is 376 g/mol. The lowest BCUT2D eigenvalue weighted by Crippen LogP contribution is -2.35. The predicted octanol–water partition coefficient (Wildman–Crippen LogP) is 3.55. The second-order valence-electron chi connectivity index (χ2n) is 6.72. The van der Waals surface area contributed by atoms with Crippen molar-refractivity contribution in [2.75, 3.05) is 31.6 Å². The SMILES string of the molecule is CCOc1ccc(NCC(=O)c2ccc(S(=O)(=O)N3CCCCC3)cc2)cc1. The molecule has 0 saturated carbocycles. The third kappa shape index (κ3) is 4.91. The number of sulfonamides is 1. The van der Waals surface area contributed by atoms with Crippen LogP contribution in [0.3, 0.4) is 0 Å². The first-order valence-electron chi connectivity index (χ1n) is 9.61. The van der Waals surface area contributed by atoms with E-state index in [9.17, 15) is 13.2 Å². The quantitative estimate of drug-likeness (QED) is 0.684. The van der Waals surface area contributed by atoms with E-state index < -0.39 is 10.0 Å². The van der Waals surface area contributed by atoms with Crippen LogP contribution in [-0.2, 0) is 10.0 Å². The minimum atomic E-state index is -3.47. The second-order valence-corrected chi connectivity index (χ2v) is 8.66. The number of ether oxygens (including phenoxy) is 1. The monoisotopic (exact) mass is 402 g/mol. The molecule has 1 N–H and O–H groups in total. The first kappa shape index (κ1) is 20.4. The number of carbonyl (C=O) groups is 1. The average molecular weight is 403 g/mol. The van der Waals surface area contributed by atoms with Gasteiger partial charge in [-0.15, -0.1) is 0 Å². The number of nitrogens with zero attached hydrogens (tertiary/aromatic N) is 1. The molecule has 1 heterocycles. The van der Waals surface area contributed by atoms with Gasteiger partial charge in [-0.05, 0) is 68.3 Å². The minimum absolute atomic E-state index is 0.101. The van der Waals surface area contributed by atoms with Gasteiger partial charge in [0.05, 0.1) is 18.0 Å². The van der Waals surface area contributed by atoms with Crippen molar-refractivity contribution in [3.05, 3.63) is 54.1 Å². The van der Waals surface area contributed by atoms with Gasteiger partial charge in [-0.25, -0.2) is 8.42 Å². The molecule has 7 heteroatoms. The molecule has 1 saturated heterocycles. The normalized spacial score (nSPS) is 15.2. The first-order chi connectivity index (χ1) is 13.5. The largest absolute Gasteiger partial charge is 0.494 e. The summed E-state index contributed by atoms with van der Waals surface area (Å²) >= 11 is 0. The van der Waals surface area contributed by atoms with Gasteiger partial charge in [0.1, 0.15) is 5.75 Å². The Kier molecular flexibility index (Phi) is 6.70. The number of piperidine rings is 1. The van der Waals surface area contributed by atoms with Gasteiger partial charge in [0.2, 0.25) is 10.0 Å². The number of rotatable bonds is 8. The number of hydrogen-bond donors (Lipinski definition) is 1. The van der Waals surface area contributed by atoms with Crippen molar-refractivity contribution < 1.29 is 17.9 Å². The zero-order valence-corrected chi connectivity index (χ0v) is 16.9. The summed E-state index contributed by atoms with van der Waals surface area (Å²) in [6, 6.07) is 13.6. The molecule has 28 heavy (non-hydrogen) atoms. The van der Waals surface area contributed by atoms with Crippen molar-refractivity contribution in [3.63, 3.8) is 0 Å². The van der Waals surface area contributed by atoms with Gasteiger partial charge in [0.25, 0.3) is 0 Å². The van der Waals surface area contributed by atoms with Crippen LogP contribution < -0.4 is 10.1 Å². The molecule has 0 unspecified atom stereocenters. The molecule has 1 fully saturated rings. The van der Waals surface area contributed by atoms with Crippen molar-refractivity contribution in [3.8, 4) is 5.75 Å². The highest BCUT2D eigenvalue weighted by atomic mass is 32.2. The van der Waals surface area contributed by atoms with Crippen LogP contribution in [0.5, 0.6) is 5.75 Å². The van der Waals surface area contributed by atoms with E-state index in [1.165, 1.54) is 16.4 Å². The van der Waals surface area contributed by atoms with E-state index >= 15 is 0 Å². The third-order valence-corrected chi connectivity index (χ3v) is 6.66. The van der Waals surface area contributed by atoms with Crippen LogP contribution in [0.25, 0.3) is 0 Å². The maximum Gasteiger partial charge on any atom is 0.243 e. The van der Waals surface area contributed by atoms with Crippen LogP contribution in [0.2, 0.25) is 0 Å². The van der Waals surface area contributed by atoms with Gasteiger partial charge >= 0.3 is 0 Å². The fraction of sp³-hybridized carbons (Fsp3) is 0.381. The highest BCUT2D eigenvalue weighted by Crippen LogP contribution is 2.21. The fourth-order valence-electron chi connectivity index (χ4n) is 3.19. The van der Waals surface area contributed by atoms with E-state index in [0.717, 1.165) is 30.7 Å². The summed E-state index contributed by atoms with van der Waals surface area (Å²) in [6.45, 7) is 3.79. The Labute approximate surface area is 166 Å². The third-order valence-electron chi connectivity index (χ3n) is 4.75. The van der Waals surface area contributed by atoms with Gasteiger partial charge in [-0.2, -0.15) is 4.31 Å². The Morgan fingerprint density at radius 3 is 2.25 bits per heavy atom. The van der Waals surface area contributed by atoms with E-state index in [0.29, 0.717) is 25.3 Å². The molecule has 1 aliphatic heterocycles. The van der Waals surface area contributed by atoms with Crippen LogP contribution in [0.1, 0.15) is 36.5 Å². The molecule has 0 aromatic heterocycles. The van der Waals surface area contributed by atoms with E-state index in [1.807, 2.05) is 31.2 Å². The smallest absolute Gasteiger partial charge is 0.243 e. The molecule has 6 nitrogen and oxygen atoms in total. The summed E-state index contributed by atoms with van der Waals surface area (Å²) in [5.74, 6) is 0.681. The summed E-state index contributed by atoms with van der Waals surface area (Å²) in [4.78, 5) is 12.6. The number of nitrogens with one attached hydrogen (secondary N) is 1. The number of ketones is 1. The van der Waals surface area contributed by atoms with E-state index in [1.54, 1.807) is 12.1 Å². The number of anilines is 1. The molecule has 0 amide bonds. The molecule has 0 radical (unpaired) electrons. The van der Waals surface area contributed by atoms with Crippen molar-refractivity contribution >= 4 is 21.5 Å². The number of hydrogen-bond acceptors (Lipinski definition) is 5. The molecule has 0 atom stereocenters. The summed E-state index contributed by atoms with van der Waals surface area (Å²) < 4.78 is 32.3. The summed E-state index contributed by atoms with van der Waals surface area (Å²) in [5, 5.41) is 3.08. The minimum Gasteiger partial charge on any atom is -0.494 e. The topological polar surface area (TPSA) is 75.7 Å². The summed E-state index contributed by atoms with van der Waals surface area (Å²) in [6.07, 6.45) is 2.86. The van der Waals surface area contributed by atoms with Gasteiger partial charge < -0.3 is 10.1 Å². The Morgan fingerprint density at radius 1 is 1.00 bits per heavy atom. The fourth-order valence-corrected chi connectivity index (χ4v) is 4.70. The van der Waals surface area contributed by atoms with Crippen LogP contribution in [0, 0.1) is 0 Å². The summed E-state index contributed by atoms with van der Waals surface area (Å²) in [7, 11) is -3.47. The summed E-state index contributed by atoms with van der Waals surface area (Å²) in [5.41, 5.74) is 1.30. The lowest BCUT2D eigenvalue weighted by atomic mass is 10.1. The number of carbonyl (C=O) groups excluding carboxylic acids is 1. The Balaban J connectivity index is 1.60. The van der Waals surface area contributed by atoms with Crippen LogP contribution in [-0.4, -0.2) is 44.7 Å². The molecule has 1 aliphatic rings. The molecule has 0 bridgehead atoms. The van der Waals surface area contributed by atoms with Gasteiger partial charge in [0, 0.05) is 24.3 Å². The molecule has 0 aliphatic carbocycles. The van der Waals surface area contributed by atoms with Crippen LogP contribution in [0.15, 0.2) is 53.4 Å². The molecule has 150 valence electrons. The standard InChI is InChI=1S/C21H26N2O4S/c1-2-27-19-10-8-18(9-11-19)22-16-21(24)17-6-12-20(13-7-17)28(25,26)23-14-4-3-5-15-23/h6-13,22H,2-5,14-16H2,1H3. The van der Waals surface area contributed by atoms with Crippen molar-refractivity contribution in [1.82, 2.24) is 4.31 Å². The lowest BCUT2D eigenvalue weighted by molar-refractivity contribution is 0.101. The zero-order chi connectivity index (χ0) is 20.0. The Hall–Kier alpha value is -2.38. The average Bonchev–Trinajstić information content (AvgIpc) is 2.74. The number of benzene rings is 2. The molecule has 3 rings (SSSR count). The lowest BCUT2D eigenvalue weighted by Gasteiger charge is -2.25. The van der Waals surface area contributed by atoms with E-state index in [2.05, 4.69) is 5.32 Å². The maximum atomic E-state index is 12.7. The van der Waals surface area contributed by atoms with Crippen molar-refractivity contribution in [2.45, 2.75) is 31.1 Å². The molecular formula is C21H26N2O4S. The molecule has 2 aromatic rings. The zero-order valence-electron chi connectivity index (χ0n) is 16.1.